The van der Waals surface area contributed by atoms with Crippen LogP contribution >= 0.6 is 0 Å². The average molecular weight is 424 g/mol. The molecule has 164 valence electrons. The van der Waals surface area contributed by atoms with E-state index in [2.05, 4.69) is 93.3 Å². The van der Waals surface area contributed by atoms with Crippen LogP contribution in [0.1, 0.15) is 49.9 Å². The molecule has 0 atom stereocenters. The zero-order chi connectivity index (χ0) is 22.3. The Morgan fingerprint density at radius 1 is 0.906 bits per heavy atom. The van der Waals surface area contributed by atoms with E-state index >= 15 is 0 Å². The molecule has 2 heterocycles. The summed E-state index contributed by atoms with van der Waals surface area (Å²) in [6, 6.07) is 22.1. The molecule has 5 rings (SSSR count). The predicted octanol–water partition coefficient (Wildman–Crippen LogP) is 6.13. The minimum absolute atomic E-state index is 0.295. The number of rotatable bonds is 5. The molecule has 0 aromatic heterocycles. The van der Waals surface area contributed by atoms with Crippen LogP contribution in [-0.2, 0) is 13.0 Å². The van der Waals surface area contributed by atoms with Crippen LogP contribution in [0.15, 0.2) is 70.6 Å². The molecule has 1 fully saturated rings. The van der Waals surface area contributed by atoms with Gasteiger partial charge in [-0.25, -0.2) is 4.99 Å². The zero-order valence-electron chi connectivity index (χ0n) is 19.7. The summed E-state index contributed by atoms with van der Waals surface area (Å²) in [7, 11) is 0. The van der Waals surface area contributed by atoms with E-state index in [1.807, 2.05) is 0 Å². The van der Waals surface area contributed by atoms with Crippen molar-refractivity contribution in [3.63, 3.8) is 0 Å². The number of likely N-dealkylation sites (tertiary alicyclic amines) is 1. The maximum Gasteiger partial charge on any atom is 0.155 e. The van der Waals surface area contributed by atoms with Gasteiger partial charge in [0.1, 0.15) is 0 Å². The van der Waals surface area contributed by atoms with Gasteiger partial charge in [0.05, 0.1) is 12.3 Å². The van der Waals surface area contributed by atoms with Crippen molar-refractivity contribution in [2.24, 2.45) is 21.3 Å². The Morgan fingerprint density at radius 2 is 1.62 bits per heavy atom. The van der Waals surface area contributed by atoms with Crippen LogP contribution in [0.25, 0.3) is 10.8 Å². The highest BCUT2D eigenvalue weighted by Gasteiger charge is 2.23. The third-order valence-electron chi connectivity index (χ3n) is 6.43. The molecule has 3 nitrogen and oxygen atoms in total. The number of aliphatic imine (C=N–C) groups is 2. The topological polar surface area (TPSA) is 28.0 Å². The van der Waals surface area contributed by atoms with Gasteiger partial charge in [-0.05, 0) is 45.2 Å². The van der Waals surface area contributed by atoms with E-state index in [1.165, 1.54) is 40.6 Å². The van der Waals surface area contributed by atoms with E-state index in [4.69, 9.17) is 9.98 Å². The summed E-state index contributed by atoms with van der Waals surface area (Å²) in [5, 5.41) is 2.57. The standard InChI is InChI=1S/C29H33N3/c1-20-17-32(18-20)19-23-13-14-26(25-8-6-5-7-24(23)25)28-30-16-27(31-28)22-11-9-21(10-12-22)15-29(2,3)4/h5-14,20H,15-19H2,1-4H3. The molecule has 0 unspecified atom stereocenters. The first-order valence-corrected chi connectivity index (χ1v) is 11.8. The van der Waals surface area contributed by atoms with Crippen LogP contribution in [0.4, 0.5) is 0 Å². The van der Waals surface area contributed by atoms with Crippen LogP contribution < -0.4 is 0 Å². The van der Waals surface area contributed by atoms with Crippen molar-refractivity contribution in [3.05, 3.63) is 82.9 Å². The summed E-state index contributed by atoms with van der Waals surface area (Å²) in [6.07, 6.45) is 1.08. The average Bonchev–Trinajstić information content (AvgIpc) is 3.22. The van der Waals surface area contributed by atoms with Crippen LogP contribution in [0.5, 0.6) is 0 Å². The molecular formula is C29H33N3. The lowest BCUT2D eigenvalue weighted by molar-refractivity contribution is 0.105. The van der Waals surface area contributed by atoms with Crippen LogP contribution in [0.3, 0.4) is 0 Å². The number of hydrogen-bond donors (Lipinski definition) is 0. The van der Waals surface area contributed by atoms with E-state index in [0.29, 0.717) is 12.0 Å². The third kappa shape index (κ3) is 4.40. The van der Waals surface area contributed by atoms with E-state index in [0.717, 1.165) is 36.0 Å². The van der Waals surface area contributed by atoms with Crippen molar-refractivity contribution in [2.45, 2.75) is 40.7 Å². The Balaban J connectivity index is 1.40. The lowest BCUT2D eigenvalue weighted by Crippen LogP contribution is -2.44. The van der Waals surface area contributed by atoms with Gasteiger partial charge in [0.25, 0.3) is 0 Å². The number of nitrogens with zero attached hydrogens (tertiary/aromatic N) is 3. The summed E-state index contributed by atoms with van der Waals surface area (Å²) in [5.74, 6) is 1.68. The summed E-state index contributed by atoms with van der Waals surface area (Å²) >= 11 is 0. The fourth-order valence-corrected chi connectivity index (χ4v) is 4.97. The van der Waals surface area contributed by atoms with Crippen molar-refractivity contribution in [2.75, 3.05) is 19.6 Å². The number of fused-ring (bicyclic) bond motifs is 1. The molecule has 0 aliphatic carbocycles. The maximum absolute atomic E-state index is 4.97. The lowest BCUT2D eigenvalue weighted by Gasteiger charge is -2.37. The second kappa shape index (κ2) is 8.29. The van der Waals surface area contributed by atoms with Crippen molar-refractivity contribution in [1.82, 2.24) is 4.90 Å². The second-order valence-electron chi connectivity index (χ2n) is 10.7. The quantitative estimate of drug-likeness (QED) is 0.485. The first-order valence-electron chi connectivity index (χ1n) is 11.8. The zero-order valence-corrected chi connectivity index (χ0v) is 19.7. The highest BCUT2D eigenvalue weighted by molar-refractivity contribution is 6.20. The molecule has 3 aromatic carbocycles. The van der Waals surface area contributed by atoms with Crippen LogP contribution in [0, 0.1) is 11.3 Å². The number of amidine groups is 1. The molecule has 3 aromatic rings. The molecule has 0 saturated carbocycles. The van der Waals surface area contributed by atoms with Crippen molar-refractivity contribution >= 4 is 22.3 Å². The summed E-state index contributed by atoms with van der Waals surface area (Å²) in [6.45, 7) is 13.2. The van der Waals surface area contributed by atoms with E-state index < -0.39 is 0 Å². The van der Waals surface area contributed by atoms with Gasteiger partial charge in [-0.1, -0.05) is 88.4 Å². The summed E-state index contributed by atoms with van der Waals surface area (Å²) < 4.78 is 0. The highest BCUT2D eigenvalue weighted by atomic mass is 15.2. The molecule has 0 spiro atoms. The molecular weight excluding hydrogens is 390 g/mol. The summed E-state index contributed by atoms with van der Waals surface area (Å²) in [4.78, 5) is 12.3. The van der Waals surface area contributed by atoms with Gasteiger partial charge in [0.2, 0.25) is 0 Å². The Bertz CT molecular complexity index is 1190. The van der Waals surface area contributed by atoms with E-state index in [-0.39, 0.29) is 0 Å². The highest BCUT2D eigenvalue weighted by Crippen LogP contribution is 2.28. The fourth-order valence-electron chi connectivity index (χ4n) is 4.97. The second-order valence-corrected chi connectivity index (χ2v) is 10.7. The van der Waals surface area contributed by atoms with Gasteiger partial charge in [0.15, 0.2) is 5.84 Å². The molecule has 32 heavy (non-hydrogen) atoms. The lowest BCUT2D eigenvalue weighted by atomic mass is 9.88. The number of benzene rings is 3. The minimum atomic E-state index is 0.295. The first-order chi connectivity index (χ1) is 15.4. The molecule has 0 N–H and O–H groups in total. The van der Waals surface area contributed by atoms with Gasteiger partial charge >= 0.3 is 0 Å². The monoisotopic (exact) mass is 423 g/mol. The smallest absolute Gasteiger partial charge is 0.155 e. The van der Waals surface area contributed by atoms with Gasteiger partial charge < -0.3 is 0 Å². The number of hydrogen-bond acceptors (Lipinski definition) is 3. The first kappa shape index (κ1) is 21.1. The van der Waals surface area contributed by atoms with Crippen molar-refractivity contribution in [3.8, 4) is 0 Å². The summed E-state index contributed by atoms with van der Waals surface area (Å²) in [5.41, 5.74) is 6.44. The fraction of sp³-hybridized carbons (Fsp3) is 0.379. The molecule has 1 saturated heterocycles. The minimum Gasteiger partial charge on any atom is -0.298 e. The third-order valence-corrected chi connectivity index (χ3v) is 6.43. The van der Waals surface area contributed by atoms with Gasteiger partial charge in [-0.2, -0.15) is 0 Å². The Morgan fingerprint density at radius 3 is 2.31 bits per heavy atom. The van der Waals surface area contributed by atoms with Crippen LogP contribution in [-0.4, -0.2) is 36.1 Å². The molecule has 0 bridgehead atoms. The largest absolute Gasteiger partial charge is 0.298 e. The van der Waals surface area contributed by atoms with Gasteiger partial charge in [-0.15, -0.1) is 0 Å². The Kier molecular flexibility index (Phi) is 5.46. The molecule has 2 aliphatic heterocycles. The van der Waals surface area contributed by atoms with Crippen molar-refractivity contribution < 1.29 is 0 Å². The Labute approximate surface area is 191 Å². The normalized spacial score (nSPS) is 17.4. The molecule has 0 radical (unpaired) electrons. The van der Waals surface area contributed by atoms with Gasteiger partial charge in [0, 0.05) is 25.2 Å². The molecule has 0 amide bonds. The van der Waals surface area contributed by atoms with Gasteiger partial charge in [-0.3, -0.25) is 9.89 Å². The Hall–Kier alpha value is -2.78. The predicted molar refractivity (Wildman–Crippen MR) is 136 cm³/mol. The van der Waals surface area contributed by atoms with E-state index in [1.54, 1.807) is 0 Å². The SMILES string of the molecule is CC1CN(Cc2ccc(C3=NCC(c4ccc(CC(C)(C)C)cc4)=N3)c3ccccc23)C1. The molecule has 3 heteroatoms. The van der Waals surface area contributed by atoms with Crippen molar-refractivity contribution in [1.29, 1.82) is 0 Å². The van der Waals surface area contributed by atoms with Crippen LogP contribution in [0.2, 0.25) is 0 Å². The maximum atomic E-state index is 4.97. The van der Waals surface area contributed by atoms with E-state index in [9.17, 15) is 0 Å². The molecule has 2 aliphatic rings.